The van der Waals surface area contributed by atoms with Crippen molar-refractivity contribution in [3.63, 3.8) is 0 Å². The van der Waals surface area contributed by atoms with Crippen molar-refractivity contribution in [1.82, 2.24) is 5.32 Å². The first-order valence-electron chi connectivity index (χ1n) is 3.61. The number of hydrogen-bond acceptors (Lipinski definition) is 4. The summed E-state index contributed by atoms with van der Waals surface area (Å²) in [6.07, 6.45) is 2.68. The molecule has 5 heteroatoms. The maximum atomic E-state index is 11.1. The number of esters is 1. The van der Waals surface area contributed by atoms with Crippen LogP contribution in [0.15, 0.2) is 23.0 Å². The summed E-state index contributed by atoms with van der Waals surface area (Å²) in [5.74, 6) is -0.851. The minimum atomic E-state index is -0.489. The van der Waals surface area contributed by atoms with Crippen LogP contribution in [0.1, 0.15) is 10.4 Å². The number of hydrogen-bond donors (Lipinski definition) is 1. The van der Waals surface area contributed by atoms with E-state index in [9.17, 15) is 9.59 Å². The van der Waals surface area contributed by atoms with Crippen molar-refractivity contribution in [1.29, 1.82) is 0 Å². The third kappa shape index (κ3) is 2.62. The molecule has 0 unspecified atom stereocenters. The molecule has 5 nitrogen and oxygen atoms in total. The molecule has 1 rings (SSSR count). The maximum Gasteiger partial charge on any atom is 0.325 e. The van der Waals surface area contributed by atoms with E-state index in [0.717, 1.165) is 0 Å². The lowest BCUT2D eigenvalue weighted by molar-refractivity contribution is -0.139. The number of furan rings is 1. The van der Waals surface area contributed by atoms with E-state index in [1.807, 2.05) is 0 Å². The molecule has 0 aliphatic rings. The summed E-state index contributed by atoms with van der Waals surface area (Å²) in [4.78, 5) is 21.8. The van der Waals surface area contributed by atoms with Crippen LogP contribution in [0.5, 0.6) is 0 Å². The number of amides is 1. The Balaban J connectivity index is 2.39. The Hall–Kier alpha value is -1.78. The normalized spacial score (nSPS) is 9.31. The second-order valence-electron chi connectivity index (χ2n) is 2.27. The number of rotatable bonds is 3. The first-order chi connectivity index (χ1) is 6.24. The minimum Gasteiger partial charge on any atom is -0.472 e. The number of carbonyl (C=O) groups is 2. The SMILES string of the molecule is COC(=O)CNC(=O)c1ccoc1. The molecule has 0 spiro atoms. The zero-order valence-corrected chi connectivity index (χ0v) is 7.07. The lowest BCUT2D eigenvalue weighted by Gasteiger charge is -2.00. The van der Waals surface area contributed by atoms with Gasteiger partial charge in [0.2, 0.25) is 0 Å². The van der Waals surface area contributed by atoms with Gasteiger partial charge in [-0.3, -0.25) is 9.59 Å². The van der Waals surface area contributed by atoms with Crippen LogP contribution in [-0.4, -0.2) is 25.5 Å². The zero-order chi connectivity index (χ0) is 9.68. The fraction of sp³-hybridized carbons (Fsp3) is 0.250. The van der Waals surface area contributed by atoms with E-state index in [2.05, 4.69) is 10.1 Å². The Morgan fingerprint density at radius 1 is 1.62 bits per heavy atom. The van der Waals surface area contributed by atoms with Gasteiger partial charge in [-0.25, -0.2) is 0 Å². The van der Waals surface area contributed by atoms with Crippen LogP contribution in [0.2, 0.25) is 0 Å². The second-order valence-corrected chi connectivity index (χ2v) is 2.27. The van der Waals surface area contributed by atoms with Crippen molar-refractivity contribution in [2.45, 2.75) is 0 Å². The average Bonchev–Trinajstić information content (AvgIpc) is 2.66. The van der Waals surface area contributed by atoms with Crippen molar-refractivity contribution in [2.24, 2.45) is 0 Å². The van der Waals surface area contributed by atoms with Crippen LogP contribution < -0.4 is 5.32 Å². The van der Waals surface area contributed by atoms with Gasteiger partial charge in [-0.1, -0.05) is 0 Å². The Morgan fingerprint density at radius 3 is 2.92 bits per heavy atom. The van der Waals surface area contributed by atoms with Crippen molar-refractivity contribution < 1.29 is 18.7 Å². The molecule has 70 valence electrons. The van der Waals surface area contributed by atoms with Crippen molar-refractivity contribution in [3.05, 3.63) is 24.2 Å². The van der Waals surface area contributed by atoms with Gasteiger partial charge in [-0.05, 0) is 6.07 Å². The van der Waals surface area contributed by atoms with Crippen LogP contribution in [0.4, 0.5) is 0 Å². The predicted molar refractivity (Wildman–Crippen MR) is 43.1 cm³/mol. The monoisotopic (exact) mass is 183 g/mol. The Labute approximate surface area is 74.7 Å². The third-order valence-corrected chi connectivity index (χ3v) is 1.40. The molecule has 1 amide bonds. The lowest BCUT2D eigenvalue weighted by Crippen LogP contribution is -2.29. The number of nitrogens with one attached hydrogen (secondary N) is 1. The van der Waals surface area contributed by atoms with E-state index in [0.29, 0.717) is 5.56 Å². The predicted octanol–water partition coefficient (Wildman–Crippen LogP) is 0.182. The molecule has 0 saturated carbocycles. The van der Waals surface area contributed by atoms with E-state index in [4.69, 9.17) is 4.42 Å². The summed E-state index contributed by atoms with van der Waals surface area (Å²) in [5, 5.41) is 2.36. The summed E-state index contributed by atoms with van der Waals surface area (Å²) in [6, 6.07) is 1.51. The summed E-state index contributed by atoms with van der Waals surface area (Å²) in [7, 11) is 1.26. The van der Waals surface area contributed by atoms with Gasteiger partial charge in [0.15, 0.2) is 0 Å². The first kappa shape index (κ1) is 9.31. The topological polar surface area (TPSA) is 68.5 Å². The van der Waals surface area contributed by atoms with Crippen LogP contribution in [0, 0.1) is 0 Å². The molecule has 0 aliphatic carbocycles. The molecule has 1 aromatic rings. The zero-order valence-electron chi connectivity index (χ0n) is 7.07. The highest BCUT2D eigenvalue weighted by Gasteiger charge is 2.08. The van der Waals surface area contributed by atoms with Gasteiger partial charge in [0.1, 0.15) is 12.8 Å². The molecule has 0 radical (unpaired) electrons. The van der Waals surface area contributed by atoms with E-state index < -0.39 is 5.97 Å². The number of methoxy groups -OCH3 is 1. The van der Waals surface area contributed by atoms with E-state index >= 15 is 0 Å². The van der Waals surface area contributed by atoms with Crippen LogP contribution in [0.3, 0.4) is 0 Å². The molecular formula is C8H9NO4. The summed E-state index contributed by atoms with van der Waals surface area (Å²) in [6.45, 7) is -0.138. The van der Waals surface area contributed by atoms with E-state index in [1.54, 1.807) is 0 Å². The Bertz CT molecular complexity index is 291. The van der Waals surface area contributed by atoms with Gasteiger partial charge in [0, 0.05) is 0 Å². The van der Waals surface area contributed by atoms with E-state index in [1.165, 1.54) is 25.7 Å². The molecule has 0 aromatic carbocycles. The van der Waals surface area contributed by atoms with Crippen LogP contribution in [0.25, 0.3) is 0 Å². The van der Waals surface area contributed by atoms with Gasteiger partial charge in [0.25, 0.3) is 5.91 Å². The van der Waals surface area contributed by atoms with Crippen LogP contribution >= 0.6 is 0 Å². The molecule has 0 aliphatic heterocycles. The minimum absolute atomic E-state index is 0.138. The molecule has 13 heavy (non-hydrogen) atoms. The fourth-order valence-corrected chi connectivity index (χ4v) is 0.720. The van der Waals surface area contributed by atoms with Crippen molar-refractivity contribution in [3.8, 4) is 0 Å². The smallest absolute Gasteiger partial charge is 0.325 e. The third-order valence-electron chi connectivity index (χ3n) is 1.40. The Kier molecular flexibility index (Phi) is 3.08. The lowest BCUT2D eigenvalue weighted by atomic mass is 10.3. The molecule has 1 aromatic heterocycles. The maximum absolute atomic E-state index is 11.1. The molecule has 0 fully saturated rings. The van der Waals surface area contributed by atoms with Gasteiger partial charge < -0.3 is 14.5 Å². The summed E-state index contributed by atoms with van der Waals surface area (Å²) >= 11 is 0. The largest absolute Gasteiger partial charge is 0.472 e. The van der Waals surface area contributed by atoms with Crippen LogP contribution in [-0.2, 0) is 9.53 Å². The van der Waals surface area contributed by atoms with Gasteiger partial charge >= 0.3 is 5.97 Å². The second kappa shape index (κ2) is 4.30. The standard InChI is InChI=1S/C8H9NO4/c1-12-7(10)4-9-8(11)6-2-3-13-5-6/h2-3,5H,4H2,1H3,(H,9,11). The number of carbonyl (C=O) groups excluding carboxylic acids is 2. The molecule has 1 N–H and O–H groups in total. The number of ether oxygens (including phenoxy) is 1. The van der Waals surface area contributed by atoms with Crippen molar-refractivity contribution >= 4 is 11.9 Å². The highest BCUT2D eigenvalue weighted by Crippen LogP contribution is 1.98. The average molecular weight is 183 g/mol. The van der Waals surface area contributed by atoms with Gasteiger partial charge in [-0.2, -0.15) is 0 Å². The molecule has 1 heterocycles. The summed E-state index contributed by atoms with van der Waals surface area (Å²) < 4.78 is 9.03. The highest BCUT2D eigenvalue weighted by molar-refractivity contribution is 5.95. The first-order valence-corrected chi connectivity index (χ1v) is 3.61. The fourth-order valence-electron chi connectivity index (χ4n) is 0.720. The Morgan fingerprint density at radius 2 is 2.38 bits per heavy atom. The quantitative estimate of drug-likeness (QED) is 0.679. The molecule has 0 atom stereocenters. The summed E-state index contributed by atoms with van der Waals surface area (Å²) in [5.41, 5.74) is 0.379. The van der Waals surface area contributed by atoms with Crippen molar-refractivity contribution in [2.75, 3.05) is 13.7 Å². The van der Waals surface area contributed by atoms with E-state index in [-0.39, 0.29) is 12.5 Å². The molecular weight excluding hydrogens is 174 g/mol. The van der Waals surface area contributed by atoms with Gasteiger partial charge in [-0.15, -0.1) is 0 Å². The molecule has 0 bridgehead atoms. The van der Waals surface area contributed by atoms with Gasteiger partial charge in [0.05, 0.1) is 18.9 Å². The highest BCUT2D eigenvalue weighted by atomic mass is 16.5. The molecule has 0 saturated heterocycles.